The minimum atomic E-state index is -0.222. The number of benzene rings is 1. The van der Waals surface area contributed by atoms with E-state index in [0.29, 0.717) is 11.2 Å². The summed E-state index contributed by atoms with van der Waals surface area (Å²) in [6.45, 7) is 1.41. The number of carbonyl (C=O) groups is 1. The maximum Gasteiger partial charge on any atom is 0.220 e. The van der Waals surface area contributed by atoms with Crippen molar-refractivity contribution in [2.24, 2.45) is 11.7 Å². The van der Waals surface area contributed by atoms with Crippen LogP contribution in [-0.4, -0.2) is 33.5 Å². The Morgan fingerprint density at radius 1 is 1.28 bits per heavy atom. The van der Waals surface area contributed by atoms with E-state index in [1.54, 1.807) is 0 Å². The van der Waals surface area contributed by atoms with Crippen molar-refractivity contribution < 1.29 is 9.90 Å². The van der Waals surface area contributed by atoms with Gasteiger partial charge >= 0.3 is 0 Å². The molecule has 1 aliphatic heterocycles. The van der Waals surface area contributed by atoms with Crippen molar-refractivity contribution in [3.05, 3.63) is 40.5 Å². The number of pyridine rings is 1. The molecule has 0 atom stereocenters. The summed E-state index contributed by atoms with van der Waals surface area (Å²) in [5, 5.41) is 19.7. The second kappa shape index (κ2) is 6.75. The highest BCUT2D eigenvalue weighted by molar-refractivity contribution is 5.89. The molecule has 0 unspecified atom stereocenters. The fourth-order valence-corrected chi connectivity index (χ4v) is 5.03. The Bertz CT molecular complexity index is 1180. The van der Waals surface area contributed by atoms with Gasteiger partial charge in [0.05, 0.1) is 23.2 Å². The number of anilines is 1. The number of rotatable bonds is 3. The Hall–Kier alpha value is -3.11. The van der Waals surface area contributed by atoms with Crippen molar-refractivity contribution in [1.82, 2.24) is 9.38 Å². The Labute approximate surface area is 168 Å². The topological polar surface area (TPSA) is 108 Å². The molecule has 0 bridgehead atoms. The minimum Gasteiger partial charge on any atom is -0.392 e. The van der Waals surface area contributed by atoms with E-state index in [2.05, 4.69) is 15.4 Å². The van der Waals surface area contributed by atoms with Gasteiger partial charge in [0.15, 0.2) is 5.65 Å². The number of amides is 1. The zero-order chi connectivity index (χ0) is 20.1. The first-order valence-electron chi connectivity index (χ1n) is 10.2. The molecule has 1 saturated heterocycles. The number of imidazole rings is 1. The maximum atomic E-state index is 11.6. The first-order valence-corrected chi connectivity index (χ1v) is 10.2. The van der Waals surface area contributed by atoms with E-state index in [1.165, 1.54) is 5.56 Å². The number of aliphatic hydroxyl groups is 1. The first-order chi connectivity index (χ1) is 14.1. The molecule has 1 fully saturated rings. The average Bonchev–Trinajstić information content (AvgIpc) is 3.37. The predicted molar refractivity (Wildman–Crippen MR) is 109 cm³/mol. The van der Waals surface area contributed by atoms with Crippen molar-refractivity contribution in [2.45, 2.75) is 38.7 Å². The first kappa shape index (κ1) is 18.0. The van der Waals surface area contributed by atoms with Crippen LogP contribution < -0.4 is 10.6 Å². The third kappa shape index (κ3) is 2.60. The van der Waals surface area contributed by atoms with Crippen LogP contribution >= 0.6 is 0 Å². The molecule has 5 rings (SSSR count). The largest absolute Gasteiger partial charge is 0.392 e. The molecule has 3 aromatic rings. The Kier molecular flexibility index (Phi) is 4.18. The van der Waals surface area contributed by atoms with Crippen LogP contribution in [0.3, 0.4) is 0 Å². The molecule has 0 saturated carbocycles. The van der Waals surface area contributed by atoms with Gasteiger partial charge in [-0.3, -0.25) is 9.20 Å². The molecular weight excluding hydrogens is 366 g/mol. The van der Waals surface area contributed by atoms with Crippen molar-refractivity contribution >= 4 is 28.4 Å². The number of primary amides is 1. The zero-order valence-electron chi connectivity index (χ0n) is 16.2. The predicted octanol–water partition coefficient (Wildman–Crippen LogP) is 2.04. The quantitative estimate of drug-likeness (QED) is 0.713. The standard InChI is InChI=1S/C22H23N5O2/c23-11-17-15-4-2-5-16(15)22(26-9-7-13(8-10-26)20(24)29)27-18-6-1-3-14(12-28)19(18)25-21(17)27/h1,3,6,13,28H,2,4-5,7-10,12H2,(H2,24,29). The van der Waals surface area contributed by atoms with Crippen LogP contribution in [0.15, 0.2) is 18.2 Å². The number of para-hydroxylation sites is 1. The summed E-state index contributed by atoms with van der Waals surface area (Å²) in [6, 6.07) is 8.18. The number of nitriles is 1. The van der Waals surface area contributed by atoms with E-state index in [-0.39, 0.29) is 18.4 Å². The molecule has 0 radical (unpaired) electrons. The molecule has 148 valence electrons. The smallest absolute Gasteiger partial charge is 0.220 e. The molecule has 7 nitrogen and oxygen atoms in total. The number of aromatic nitrogens is 2. The summed E-state index contributed by atoms with van der Waals surface area (Å²) < 4.78 is 2.10. The summed E-state index contributed by atoms with van der Waals surface area (Å²) in [4.78, 5) is 18.7. The molecule has 2 aliphatic rings. The van der Waals surface area contributed by atoms with Crippen LogP contribution in [0.4, 0.5) is 5.82 Å². The van der Waals surface area contributed by atoms with Gasteiger partial charge in [-0.25, -0.2) is 4.98 Å². The van der Waals surface area contributed by atoms with Gasteiger partial charge in [0.2, 0.25) is 5.91 Å². The van der Waals surface area contributed by atoms with Crippen molar-refractivity contribution in [3.63, 3.8) is 0 Å². The van der Waals surface area contributed by atoms with E-state index in [4.69, 9.17) is 10.7 Å². The summed E-state index contributed by atoms with van der Waals surface area (Å²) >= 11 is 0. The lowest BCUT2D eigenvalue weighted by molar-refractivity contribution is -0.122. The third-order valence-electron chi connectivity index (χ3n) is 6.47. The number of piperidine rings is 1. The molecular formula is C22H23N5O2. The molecule has 1 aliphatic carbocycles. The van der Waals surface area contributed by atoms with Gasteiger partial charge in [0, 0.05) is 24.6 Å². The highest BCUT2D eigenvalue weighted by Crippen LogP contribution is 2.39. The van der Waals surface area contributed by atoms with E-state index in [0.717, 1.165) is 73.2 Å². The molecule has 29 heavy (non-hydrogen) atoms. The minimum absolute atomic E-state index is 0.0753. The van der Waals surface area contributed by atoms with Gasteiger partial charge in [0.25, 0.3) is 0 Å². The second-order valence-electron chi connectivity index (χ2n) is 8.00. The van der Waals surface area contributed by atoms with Crippen molar-refractivity contribution in [2.75, 3.05) is 18.0 Å². The molecule has 3 heterocycles. The van der Waals surface area contributed by atoms with Gasteiger partial charge in [-0.1, -0.05) is 12.1 Å². The lowest BCUT2D eigenvalue weighted by Crippen LogP contribution is -2.39. The van der Waals surface area contributed by atoms with Gasteiger partial charge in [-0.2, -0.15) is 5.26 Å². The Balaban J connectivity index is 1.79. The molecule has 7 heteroatoms. The summed E-state index contributed by atoms with van der Waals surface area (Å²) in [5.74, 6) is 0.793. The van der Waals surface area contributed by atoms with Crippen LogP contribution in [0, 0.1) is 17.2 Å². The van der Waals surface area contributed by atoms with Crippen molar-refractivity contribution in [3.8, 4) is 6.07 Å². The number of hydrogen-bond donors (Lipinski definition) is 2. The Morgan fingerprint density at radius 3 is 2.72 bits per heavy atom. The Morgan fingerprint density at radius 2 is 2.03 bits per heavy atom. The molecule has 3 N–H and O–H groups in total. The van der Waals surface area contributed by atoms with Gasteiger partial charge < -0.3 is 15.7 Å². The highest BCUT2D eigenvalue weighted by Gasteiger charge is 2.31. The normalized spacial score (nSPS) is 17.0. The van der Waals surface area contributed by atoms with Gasteiger partial charge in [0.1, 0.15) is 11.9 Å². The summed E-state index contributed by atoms with van der Waals surface area (Å²) in [7, 11) is 0. The number of nitrogens with two attached hydrogens (primary N) is 1. The number of fused-ring (bicyclic) bond motifs is 4. The van der Waals surface area contributed by atoms with Gasteiger partial charge in [-0.05, 0) is 49.3 Å². The van der Waals surface area contributed by atoms with Crippen LogP contribution in [0.2, 0.25) is 0 Å². The third-order valence-corrected chi connectivity index (χ3v) is 6.47. The van der Waals surface area contributed by atoms with E-state index in [1.807, 2.05) is 18.2 Å². The molecule has 1 amide bonds. The highest BCUT2D eigenvalue weighted by atomic mass is 16.3. The lowest BCUT2D eigenvalue weighted by Gasteiger charge is -2.34. The maximum absolute atomic E-state index is 11.6. The summed E-state index contributed by atoms with van der Waals surface area (Å²) in [5.41, 5.74) is 11.6. The number of nitrogens with zero attached hydrogens (tertiary/aromatic N) is 4. The zero-order valence-corrected chi connectivity index (χ0v) is 16.2. The molecule has 2 aromatic heterocycles. The fraction of sp³-hybridized carbons (Fsp3) is 0.409. The molecule has 1 aromatic carbocycles. The fourth-order valence-electron chi connectivity index (χ4n) is 5.03. The van der Waals surface area contributed by atoms with Gasteiger partial charge in [-0.15, -0.1) is 0 Å². The SMILES string of the molecule is N#Cc1c2c(c(N3CCC(C(N)=O)CC3)n3c1nc1c(CO)cccc13)CCC2. The lowest BCUT2D eigenvalue weighted by atomic mass is 9.95. The molecule has 0 spiro atoms. The summed E-state index contributed by atoms with van der Waals surface area (Å²) in [6.07, 6.45) is 4.32. The van der Waals surface area contributed by atoms with Crippen molar-refractivity contribution in [1.29, 1.82) is 5.26 Å². The number of carbonyl (C=O) groups excluding carboxylic acids is 1. The van der Waals surface area contributed by atoms with E-state index < -0.39 is 0 Å². The van der Waals surface area contributed by atoms with E-state index in [9.17, 15) is 15.2 Å². The average molecular weight is 389 g/mol. The monoisotopic (exact) mass is 389 g/mol. The number of aliphatic hydroxyl groups excluding tert-OH is 1. The van der Waals surface area contributed by atoms with E-state index >= 15 is 0 Å². The van der Waals surface area contributed by atoms with Crippen LogP contribution in [-0.2, 0) is 24.2 Å². The van der Waals surface area contributed by atoms with Crippen LogP contribution in [0.5, 0.6) is 0 Å². The number of hydrogen-bond acceptors (Lipinski definition) is 5. The second-order valence-corrected chi connectivity index (χ2v) is 8.00. The van der Waals surface area contributed by atoms with Crippen LogP contribution in [0.1, 0.15) is 41.5 Å². The van der Waals surface area contributed by atoms with Crippen LogP contribution in [0.25, 0.3) is 16.7 Å².